The highest BCUT2D eigenvalue weighted by Crippen LogP contribution is 2.21. The van der Waals surface area contributed by atoms with Crippen LogP contribution in [0.3, 0.4) is 0 Å². The van der Waals surface area contributed by atoms with E-state index in [2.05, 4.69) is 9.80 Å². The summed E-state index contributed by atoms with van der Waals surface area (Å²) in [6.45, 7) is 5.55. The van der Waals surface area contributed by atoms with Gasteiger partial charge in [-0.25, -0.2) is 0 Å². The number of nitrogens with zero attached hydrogens (tertiary/aromatic N) is 2. The minimum absolute atomic E-state index is 0.212. The van der Waals surface area contributed by atoms with E-state index in [1.807, 2.05) is 16.8 Å². The Morgan fingerprint density at radius 1 is 1.30 bits per heavy atom. The Bertz CT molecular complexity index is 429. The third-order valence-corrected chi connectivity index (χ3v) is 4.91. The summed E-state index contributed by atoms with van der Waals surface area (Å²) in [6, 6.07) is 2.31. The highest BCUT2D eigenvalue weighted by molar-refractivity contribution is 7.08. The Morgan fingerprint density at radius 3 is 2.90 bits per heavy atom. The van der Waals surface area contributed by atoms with E-state index in [1.54, 1.807) is 11.3 Å². The molecule has 110 valence electrons. The number of thiophene rings is 1. The molecule has 3 rings (SSSR count). The number of carbonyl (C=O) groups is 1. The van der Waals surface area contributed by atoms with Gasteiger partial charge < -0.3 is 9.64 Å². The fourth-order valence-corrected chi connectivity index (χ4v) is 3.72. The molecule has 0 bridgehead atoms. The van der Waals surface area contributed by atoms with Crippen molar-refractivity contribution in [2.24, 2.45) is 0 Å². The van der Waals surface area contributed by atoms with Crippen LogP contribution in [0, 0.1) is 0 Å². The molecule has 0 aromatic carbocycles. The molecule has 1 atom stereocenters. The van der Waals surface area contributed by atoms with Gasteiger partial charge in [0.25, 0.3) is 5.91 Å². The van der Waals surface area contributed by atoms with Gasteiger partial charge in [0, 0.05) is 37.6 Å². The van der Waals surface area contributed by atoms with Crippen molar-refractivity contribution in [2.75, 3.05) is 39.4 Å². The number of carbonyl (C=O) groups excluding carboxylic acids is 1. The number of hydrogen-bond donors (Lipinski definition) is 0. The van der Waals surface area contributed by atoms with Crippen LogP contribution < -0.4 is 0 Å². The zero-order chi connectivity index (χ0) is 13.8. The van der Waals surface area contributed by atoms with Crippen LogP contribution in [0.2, 0.25) is 0 Å². The molecule has 2 fully saturated rings. The molecule has 0 unspecified atom stereocenters. The first-order valence-corrected chi connectivity index (χ1v) is 8.42. The van der Waals surface area contributed by atoms with Crippen molar-refractivity contribution in [3.63, 3.8) is 0 Å². The smallest absolute Gasteiger partial charge is 0.254 e. The molecule has 2 aliphatic heterocycles. The second-order valence-corrected chi connectivity index (χ2v) is 6.35. The molecule has 0 aliphatic carbocycles. The Balaban J connectivity index is 1.65. The predicted molar refractivity (Wildman–Crippen MR) is 80.3 cm³/mol. The van der Waals surface area contributed by atoms with Crippen molar-refractivity contribution < 1.29 is 9.53 Å². The molecule has 2 aliphatic rings. The third kappa shape index (κ3) is 3.22. The fraction of sp³-hybridized carbons (Fsp3) is 0.667. The van der Waals surface area contributed by atoms with Gasteiger partial charge in [-0.3, -0.25) is 9.69 Å². The van der Waals surface area contributed by atoms with Gasteiger partial charge in [0.1, 0.15) is 0 Å². The van der Waals surface area contributed by atoms with Gasteiger partial charge in [-0.2, -0.15) is 11.3 Å². The van der Waals surface area contributed by atoms with Gasteiger partial charge in [0.05, 0.1) is 18.8 Å². The molecule has 0 N–H and O–H groups in total. The zero-order valence-corrected chi connectivity index (χ0v) is 12.6. The van der Waals surface area contributed by atoms with Crippen LogP contribution in [0.5, 0.6) is 0 Å². The summed E-state index contributed by atoms with van der Waals surface area (Å²) in [5.41, 5.74) is 0.851. The van der Waals surface area contributed by atoms with Gasteiger partial charge in [0.2, 0.25) is 0 Å². The topological polar surface area (TPSA) is 32.8 Å². The molecule has 1 aromatic heterocycles. The van der Waals surface area contributed by atoms with E-state index in [-0.39, 0.29) is 5.91 Å². The first-order valence-electron chi connectivity index (χ1n) is 7.48. The summed E-state index contributed by atoms with van der Waals surface area (Å²) >= 11 is 1.59. The van der Waals surface area contributed by atoms with Crippen LogP contribution in [0.1, 0.15) is 29.6 Å². The fourth-order valence-electron chi connectivity index (χ4n) is 3.09. The van der Waals surface area contributed by atoms with E-state index in [1.165, 1.54) is 6.42 Å². The molecule has 20 heavy (non-hydrogen) atoms. The molecule has 0 radical (unpaired) electrons. The van der Waals surface area contributed by atoms with Crippen molar-refractivity contribution >= 4 is 17.2 Å². The quantitative estimate of drug-likeness (QED) is 0.855. The number of amides is 1. The van der Waals surface area contributed by atoms with Crippen LogP contribution in [0.25, 0.3) is 0 Å². The van der Waals surface area contributed by atoms with Crippen molar-refractivity contribution in [1.82, 2.24) is 9.80 Å². The Hall–Kier alpha value is -0.910. The lowest BCUT2D eigenvalue weighted by Crippen LogP contribution is -2.51. The van der Waals surface area contributed by atoms with E-state index in [0.29, 0.717) is 6.04 Å². The van der Waals surface area contributed by atoms with Gasteiger partial charge >= 0.3 is 0 Å². The maximum Gasteiger partial charge on any atom is 0.254 e. The summed E-state index contributed by atoms with van der Waals surface area (Å²) < 4.78 is 5.40. The summed E-state index contributed by atoms with van der Waals surface area (Å²) in [5.74, 6) is 0.212. The molecule has 3 heterocycles. The van der Waals surface area contributed by atoms with Crippen LogP contribution in [0.4, 0.5) is 0 Å². The first kappa shape index (κ1) is 14.0. The highest BCUT2D eigenvalue weighted by atomic mass is 32.1. The van der Waals surface area contributed by atoms with E-state index < -0.39 is 0 Å². The lowest BCUT2D eigenvalue weighted by Gasteiger charge is -2.39. The SMILES string of the molecule is O=C(c1ccsc1)N1CCCC[C@H]1CN1CCOCC1. The second-order valence-electron chi connectivity index (χ2n) is 5.57. The monoisotopic (exact) mass is 294 g/mol. The average Bonchev–Trinajstić information content (AvgIpc) is 3.02. The van der Waals surface area contributed by atoms with Gasteiger partial charge in [0.15, 0.2) is 0 Å². The van der Waals surface area contributed by atoms with Gasteiger partial charge in [-0.1, -0.05) is 0 Å². The highest BCUT2D eigenvalue weighted by Gasteiger charge is 2.29. The van der Waals surface area contributed by atoms with E-state index >= 15 is 0 Å². The zero-order valence-electron chi connectivity index (χ0n) is 11.8. The molecule has 1 aromatic rings. The summed E-state index contributed by atoms with van der Waals surface area (Å²) in [4.78, 5) is 17.1. The molecule has 4 nitrogen and oxygen atoms in total. The summed E-state index contributed by atoms with van der Waals surface area (Å²) in [7, 11) is 0. The van der Waals surface area contributed by atoms with Crippen molar-refractivity contribution in [2.45, 2.75) is 25.3 Å². The first-order chi connectivity index (χ1) is 9.84. The maximum absolute atomic E-state index is 12.6. The summed E-state index contributed by atoms with van der Waals surface area (Å²) in [5, 5.41) is 3.94. The third-order valence-electron chi connectivity index (χ3n) is 4.23. The largest absolute Gasteiger partial charge is 0.379 e. The normalized spacial score (nSPS) is 24.8. The molecular weight excluding hydrogens is 272 g/mol. The van der Waals surface area contributed by atoms with Gasteiger partial charge in [-0.15, -0.1) is 0 Å². The van der Waals surface area contributed by atoms with E-state index in [0.717, 1.165) is 57.8 Å². The maximum atomic E-state index is 12.6. The number of piperidine rings is 1. The number of morpholine rings is 1. The molecular formula is C15H22N2O2S. The molecule has 0 saturated carbocycles. The Kier molecular flexibility index (Phi) is 4.70. The molecule has 2 saturated heterocycles. The summed E-state index contributed by atoms with van der Waals surface area (Å²) in [6.07, 6.45) is 3.51. The minimum Gasteiger partial charge on any atom is -0.379 e. The van der Waals surface area contributed by atoms with E-state index in [9.17, 15) is 4.79 Å². The lowest BCUT2D eigenvalue weighted by molar-refractivity contribution is 0.0166. The minimum atomic E-state index is 0.212. The number of likely N-dealkylation sites (tertiary alicyclic amines) is 1. The molecule has 0 spiro atoms. The van der Waals surface area contributed by atoms with Crippen molar-refractivity contribution in [1.29, 1.82) is 0 Å². The van der Waals surface area contributed by atoms with Crippen molar-refractivity contribution in [3.05, 3.63) is 22.4 Å². The second kappa shape index (κ2) is 6.70. The lowest BCUT2D eigenvalue weighted by atomic mass is 10.0. The van der Waals surface area contributed by atoms with Crippen molar-refractivity contribution in [3.8, 4) is 0 Å². The molecule has 5 heteroatoms. The van der Waals surface area contributed by atoms with Crippen LogP contribution >= 0.6 is 11.3 Å². The Morgan fingerprint density at radius 2 is 2.15 bits per heavy atom. The standard InChI is InChI=1S/C15H22N2O2S/c18-15(13-4-10-20-12-13)17-5-2-1-3-14(17)11-16-6-8-19-9-7-16/h4,10,12,14H,1-3,5-9,11H2/t14-/m0/s1. The molecule has 1 amide bonds. The number of rotatable bonds is 3. The predicted octanol–water partition coefficient (Wildman–Crippen LogP) is 2.08. The van der Waals surface area contributed by atoms with Crippen LogP contribution in [-0.4, -0.2) is 61.1 Å². The average molecular weight is 294 g/mol. The number of hydrogen-bond acceptors (Lipinski definition) is 4. The van der Waals surface area contributed by atoms with Gasteiger partial charge in [-0.05, 0) is 30.7 Å². The Labute approximate surface area is 124 Å². The number of ether oxygens (including phenoxy) is 1. The van der Waals surface area contributed by atoms with E-state index in [4.69, 9.17) is 4.74 Å². The van der Waals surface area contributed by atoms with Crippen LogP contribution in [0.15, 0.2) is 16.8 Å². The van der Waals surface area contributed by atoms with Crippen LogP contribution in [-0.2, 0) is 4.74 Å².